The van der Waals surface area contributed by atoms with Gasteiger partial charge in [0.2, 0.25) is 5.91 Å². The average Bonchev–Trinajstić information content (AvgIpc) is 3.40. The molecule has 1 N–H and O–H groups in total. The summed E-state index contributed by atoms with van der Waals surface area (Å²) in [5.41, 5.74) is 1.59. The molecule has 0 radical (unpaired) electrons. The maximum absolute atomic E-state index is 14.5. The molecule has 2 aromatic rings. The molecule has 156 valence electrons. The van der Waals surface area contributed by atoms with E-state index in [2.05, 4.69) is 5.32 Å². The van der Waals surface area contributed by atoms with Crippen LogP contribution >= 0.6 is 23.8 Å². The summed E-state index contributed by atoms with van der Waals surface area (Å²) < 4.78 is 38.6. The van der Waals surface area contributed by atoms with Crippen molar-refractivity contribution in [1.82, 2.24) is 14.5 Å². The number of rotatable bonds is 5. The van der Waals surface area contributed by atoms with Crippen LogP contribution in [0.15, 0.2) is 12.1 Å². The van der Waals surface area contributed by atoms with Crippen molar-refractivity contribution in [3.63, 3.8) is 0 Å². The standard InChI is InChI=1S/C20H22ClF2N3O2S/c1-25-15(8-17(27)24-9-12-3-2-6-28-12)16-7-11(10-26(16)20(25)29)18-14(22)5-4-13(21)19(18)23/h4-5,11-12H,2-3,6-10H2,1H3,(H,24,27)/t11-,12+/m1/s1. The van der Waals surface area contributed by atoms with Crippen molar-refractivity contribution in [1.29, 1.82) is 0 Å². The Morgan fingerprint density at radius 1 is 1.41 bits per heavy atom. The van der Waals surface area contributed by atoms with E-state index in [9.17, 15) is 13.6 Å². The monoisotopic (exact) mass is 441 g/mol. The van der Waals surface area contributed by atoms with Crippen molar-refractivity contribution in [2.24, 2.45) is 7.05 Å². The Balaban J connectivity index is 1.54. The number of halogens is 3. The molecule has 1 amide bonds. The minimum atomic E-state index is -0.728. The molecule has 5 nitrogen and oxygen atoms in total. The minimum Gasteiger partial charge on any atom is -0.376 e. The first kappa shape index (κ1) is 20.5. The molecule has 1 aromatic heterocycles. The van der Waals surface area contributed by atoms with E-state index in [0.717, 1.165) is 30.8 Å². The van der Waals surface area contributed by atoms with Crippen LogP contribution in [-0.2, 0) is 36.0 Å². The van der Waals surface area contributed by atoms with Crippen LogP contribution in [-0.4, -0.2) is 34.3 Å². The quantitative estimate of drug-likeness (QED) is 0.569. The third-order valence-electron chi connectivity index (χ3n) is 5.79. The summed E-state index contributed by atoms with van der Waals surface area (Å²) in [6, 6.07) is 2.40. The number of imidazole rings is 1. The fraction of sp³-hybridized carbons (Fsp3) is 0.500. The molecule has 0 unspecified atom stereocenters. The third-order valence-corrected chi connectivity index (χ3v) is 6.58. The van der Waals surface area contributed by atoms with Gasteiger partial charge in [-0.1, -0.05) is 11.6 Å². The van der Waals surface area contributed by atoms with Crippen molar-refractivity contribution in [3.8, 4) is 0 Å². The van der Waals surface area contributed by atoms with Gasteiger partial charge in [0.1, 0.15) is 11.6 Å². The molecule has 1 aromatic carbocycles. The number of ether oxygens (including phenoxy) is 1. The van der Waals surface area contributed by atoms with Crippen molar-refractivity contribution in [2.45, 2.75) is 44.2 Å². The molecule has 0 aliphatic carbocycles. The SMILES string of the molecule is Cn1c(CC(=O)NC[C@@H]2CCCO2)c2n(c1=S)C[C@H](c1c(F)ccc(Cl)c1F)C2. The van der Waals surface area contributed by atoms with E-state index < -0.39 is 17.6 Å². The Morgan fingerprint density at radius 3 is 2.93 bits per heavy atom. The fourth-order valence-corrected chi connectivity index (χ4v) is 4.73. The Hall–Kier alpha value is -1.77. The summed E-state index contributed by atoms with van der Waals surface area (Å²) in [6.07, 6.45) is 2.58. The van der Waals surface area contributed by atoms with Gasteiger partial charge in [0.15, 0.2) is 4.77 Å². The Kier molecular flexibility index (Phi) is 5.77. The van der Waals surface area contributed by atoms with E-state index in [1.54, 1.807) is 4.57 Å². The van der Waals surface area contributed by atoms with Crippen molar-refractivity contribution < 1.29 is 18.3 Å². The van der Waals surface area contributed by atoms with Crippen LogP contribution in [0.2, 0.25) is 5.02 Å². The lowest BCUT2D eigenvalue weighted by Gasteiger charge is -2.14. The van der Waals surface area contributed by atoms with Gasteiger partial charge in [-0.2, -0.15) is 0 Å². The predicted octanol–water partition coefficient (Wildman–Crippen LogP) is 3.67. The third kappa shape index (κ3) is 3.85. The van der Waals surface area contributed by atoms with Gasteiger partial charge in [0.05, 0.1) is 17.5 Å². The van der Waals surface area contributed by atoms with E-state index >= 15 is 0 Å². The molecule has 0 spiro atoms. The first-order chi connectivity index (χ1) is 13.9. The molecule has 1 fully saturated rings. The zero-order valence-electron chi connectivity index (χ0n) is 16.0. The van der Waals surface area contributed by atoms with Crippen LogP contribution in [0.3, 0.4) is 0 Å². The molecule has 2 aliphatic rings. The number of benzene rings is 1. The molecular formula is C20H22ClF2N3O2S. The van der Waals surface area contributed by atoms with Gasteiger partial charge in [-0.15, -0.1) is 0 Å². The number of carbonyl (C=O) groups excluding carboxylic acids is 1. The fourth-order valence-electron chi connectivity index (χ4n) is 4.27. The van der Waals surface area contributed by atoms with Crippen molar-refractivity contribution in [2.75, 3.05) is 13.2 Å². The van der Waals surface area contributed by atoms with Gasteiger partial charge < -0.3 is 19.2 Å². The van der Waals surface area contributed by atoms with E-state index in [1.807, 2.05) is 11.6 Å². The number of fused-ring (bicyclic) bond motifs is 1. The second-order valence-electron chi connectivity index (χ2n) is 7.62. The zero-order chi connectivity index (χ0) is 20.7. The van der Waals surface area contributed by atoms with Crippen molar-refractivity contribution >= 4 is 29.7 Å². The van der Waals surface area contributed by atoms with Crippen molar-refractivity contribution in [3.05, 3.63) is 50.5 Å². The highest BCUT2D eigenvalue weighted by atomic mass is 35.5. The average molecular weight is 442 g/mol. The van der Waals surface area contributed by atoms with Crippen LogP contribution < -0.4 is 5.32 Å². The van der Waals surface area contributed by atoms with Crippen LogP contribution in [0.25, 0.3) is 0 Å². The summed E-state index contributed by atoms with van der Waals surface area (Å²) in [5, 5.41) is 2.81. The molecule has 0 bridgehead atoms. The Labute approximate surface area is 177 Å². The number of nitrogens with one attached hydrogen (secondary N) is 1. The molecule has 2 aliphatic heterocycles. The molecule has 0 saturated carbocycles. The van der Waals surface area contributed by atoms with Gasteiger partial charge in [-0.25, -0.2) is 8.78 Å². The first-order valence-electron chi connectivity index (χ1n) is 9.65. The number of nitrogens with zero attached hydrogens (tertiary/aromatic N) is 2. The van der Waals surface area contributed by atoms with E-state index in [1.165, 1.54) is 12.1 Å². The maximum Gasteiger partial charge on any atom is 0.226 e. The first-order valence-corrected chi connectivity index (χ1v) is 10.4. The van der Waals surface area contributed by atoms with Gasteiger partial charge in [0.25, 0.3) is 0 Å². The second-order valence-corrected chi connectivity index (χ2v) is 8.39. The largest absolute Gasteiger partial charge is 0.376 e. The van der Waals surface area contributed by atoms with Gasteiger partial charge in [0, 0.05) is 49.6 Å². The molecule has 4 rings (SSSR count). The summed E-state index contributed by atoms with van der Waals surface area (Å²) >= 11 is 11.4. The summed E-state index contributed by atoms with van der Waals surface area (Å²) in [7, 11) is 1.81. The number of aromatic nitrogens is 2. The highest BCUT2D eigenvalue weighted by Gasteiger charge is 2.33. The Bertz CT molecular complexity index is 1010. The smallest absolute Gasteiger partial charge is 0.226 e. The van der Waals surface area contributed by atoms with Gasteiger partial charge >= 0.3 is 0 Å². The van der Waals surface area contributed by atoms with Gasteiger partial charge in [-0.3, -0.25) is 4.79 Å². The highest BCUT2D eigenvalue weighted by molar-refractivity contribution is 7.71. The number of hydrogen-bond acceptors (Lipinski definition) is 3. The second kappa shape index (κ2) is 8.16. The zero-order valence-corrected chi connectivity index (χ0v) is 17.6. The van der Waals surface area contributed by atoms with Crippen LogP contribution in [0.4, 0.5) is 8.78 Å². The van der Waals surface area contributed by atoms with E-state index in [4.69, 9.17) is 28.6 Å². The highest BCUT2D eigenvalue weighted by Crippen LogP contribution is 2.37. The summed E-state index contributed by atoms with van der Waals surface area (Å²) in [5.74, 6) is -1.88. The van der Waals surface area contributed by atoms with Crippen LogP contribution in [0, 0.1) is 16.4 Å². The minimum absolute atomic E-state index is 0.0213. The van der Waals surface area contributed by atoms with Crippen LogP contribution in [0.5, 0.6) is 0 Å². The van der Waals surface area contributed by atoms with Gasteiger partial charge in [-0.05, 0) is 43.6 Å². The predicted molar refractivity (Wildman–Crippen MR) is 108 cm³/mol. The molecule has 1 saturated heterocycles. The number of carbonyl (C=O) groups is 1. The number of amides is 1. The van der Waals surface area contributed by atoms with Crippen LogP contribution in [0.1, 0.15) is 35.7 Å². The maximum atomic E-state index is 14.5. The Morgan fingerprint density at radius 2 is 2.21 bits per heavy atom. The lowest BCUT2D eigenvalue weighted by atomic mass is 9.95. The topological polar surface area (TPSA) is 48.2 Å². The molecule has 29 heavy (non-hydrogen) atoms. The number of hydrogen-bond donors (Lipinski definition) is 1. The molecule has 2 atom stereocenters. The lowest BCUT2D eigenvalue weighted by molar-refractivity contribution is -0.121. The van der Waals surface area contributed by atoms with E-state index in [-0.39, 0.29) is 29.0 Å². The summed E-state index contributed by atoms with van der Waals surface area (Å²) in [4.78, 5) is 12.5. The van der Waals surface area contributed by atoms with E-state index in [0.29, 0.717) is 24.3 Å². The summed E-state index contributed by atoms with van der Waals surface area (Å²) in [6.45, 7) is 1.58. The lowest BCUT2D eigenvalue weighted by Crippen LogP contribution is -2.33. The molecule has 3 heterocycles. The molecule has 9 heteroatoms. The normalized spacial score (nSPS) is 20.8. The molecular weight excluding hydrogens is 420 g/mol.